The maximum Gasteiger partial charge on any atom is 0.312 e. The van der Waals surface area contributed by atoms with E-state index in [-0.39, 0.29) is 11.9 Å². The fourth-order valence-corrected chi connectivity index (χ4v) is 4.34. The summed E-state index contributed by atoms with van der Waals surface area (Å²) in [6, 6.07) is 7.97. The molecular weight excluding hydrogens is 394 g/mol. The zero-order valence-electron chi connectivity index (χ0n) is 18.4. The number of hydrogen-bond acceptors (Lipinski definition) is 4. The smallest absolute Gasteiger partial charge is 0.312 e. The van der Waals surface area contributed by atoms with Gasteiger partial charge >= 0.3 is 11.8 Å². The maximum absolute atomic E-state index is 13.3. The van der Waals surface area contributed by atoms with E-state index in [2.05, 4.69) is 5.32 Å². The van der Waals surface area contributed by atoms with Crippen molar-refractivity contribution in [3.05, 3.63) is 46.8 Å². The summed E-state index contributed by atoms with van der Waals surface area (Å²) < 4.78 is 1.93. The van der Waals surface area contributed by atoms with Crippen LogP contribution in [-0.2, 0) is 22.4 Å². The number of piperazine rings is 1. The minimum atomic E-state index is -0.593. The quantitative estimate of drug-likeness (QED) is 0.758. The minimum absolute atomic E-state index is 0.0928. The molecule has 1 fully saturated rings. The molecular formula is C23H29N5O3. The van der Waals surface area contributed by atoms with Gasteiger partial charge in [0.15, 0.2) is 5.69 Å². The van der Waals surface area contributed by atoms with E-state index < -0.39 is 11.8 Å². The summed E-state index contributed by atoms with van der Waals surface area (Å²) in [5.41, 5.74) is 4.81. The van der Waals surface area contributed by atoms with Gasteiger partial charge in [0.2, 0.25) is 0 Å². The predicted molar refractivity (Wildman–Crippen MR) is 116 cm³/mol. The van der Waals surface area contributed by atoms with Crippen LogP contribution < -0.4 is 5.32 Å². The Morgan fingerprint density at radius 2 is 1.68 bits per heavy atom. The second kappa shape index (κ2) is 8.53. The van der Waals surface area contributed by atoms with Crippen LogP contribution in [-0.4, -0.2) is 69.5 Å². The Balaban J connectivity index is 1.49. The van der Waals surface area contributed by atoms with Crippen LogP contribution in [0, 0.1) is 6.92 Å². The van der Waals surface area contributed by atoms with Gasteiger partial charge in [0.25, 0.3) is 5.91 Å². The fourth-order valence-electron chi connectivity index (χ4n) is 4.34. The minimum Gasteiger partial charge on any atom is -0.346 e. The van der Waals surface area contributed by atoms with E-state index in [0.29, 0.717) is 31.9 Å². The van der Waals surface area contributed by atoms with Gasteiger partial charge in [-0.1, -0.05) is 18.2 Å². The largest absolute Gasteiger partial charge is 0.346 e. The molecule has 0 bridgehead atoms. The molecule has 31 heavy (non-hydrogen) atoms. The number of benzene rings is 1. The van der Waals surface area contributed by atoms with Crippen LogP contribution in [0.1, 0.15) is 47.6 Å². The Labute approximate surface area is 182 Å². The van der Waals surface area contributed by atoms with Gasteiger partial charge in [-0.3, -0.25) is 14.4 Å². The lowest BCUT2D eigenvalue weighted by Crippen LogP contribution is -2.54. The van der Waals surface area contributed by atoms with E-state index >= 15 is 0 Å². The highest BCUT2D eigenvalue weighted by molar-refractivity contribution is 6.35. The molecule has 164 valence electrons. The van der Waals surface area contributed by atoms with Crippen LogP contribution in [0.5, 0.6) is 0 Å². The van der Waals surface area contributed by atoms with Gasteiger partial charge in [-0.05, 0) is 51.7 Å². The van der Waals surface area contributed by atoms with Crippen molar-refractivity contribution in [1.82, 2.24) is 24.9 Å². The second-order valence-electron chi connectivity index (χ2n) is 8.54. The summed E-state index contributed by atoms with van der Waals surface area (Å²) in [6.07, 6.45) is 2.79. The summed E-state index contributed by atoms with van der Waals surface area (Å²) >= 11 is 0. The number of nitrogens with zero attached hydrogens (tertiary/aromatic N) is 4. The Morgan fingerprint density at radius 1 is 1.00 bits per heavy atom. The number of fused-ring (bicyclic) bond motifs is 1. The Morgan fingerprint density at radius 3 is 2.35 bits per heavy atom. The van der Waals surface area contributed by atoms with E-state index in [1.807, 2.05) is 49.7 Å². The molecule has 8 heteroatoms. The summed E-state index contributed by atoms with van der Waals surface area (Å²) in [5.74, 6) is -1.22. The molecule has 0 unspecified atom stereocenters. The molecule has 8 nitrogen and oxygen atoms in total. The van der Waals surface area contributed by atoms with Crippen molar-refractivity contribution in [3.63, 3.8) is 0 Å². The number of hydrogen-bond donors (Lipinski definition) is 1. The first-order valence-electron chi connectivity index (χ1n) is 10.9. The number of aryl methyl sites for hydroxylation is 1. The summed E-state index contributed by atoms with van der Waals surface area (Å²) in [7, 11) is 0. The number of para-hydroxylation sites is 1. The number of rotatable bonds is 3. The normalized spacial score (nSPS) is 15.9. The first kappa shape index (κ1) is 21.1. The lowest BCUT2D eigenvalue weighted by Gasteiger charge is -2.34. The number of amides is 3. The molecule has 1 aliphatic heterocycles. The molecule has 0 atom stereocenters. The topological polar surface area (TPSA) is 87.5 Å². The lowest BCUT2D eigenvalue weighted by atomic mass is 10.1. The molecule has 1 N–H and O–H groups in total. The van der Waals surface area contributed by atoms with Crippen molar-refractivity contribution in [2.24, 2.45) is 0 Å². The lowest BCUT2D eigenvalue weighted by molar-refractivity contribution is -0.147. The highest BCUT2D eigenvalue weighted by Crippen LogP contribution is 2.29. The highest BCUT2D eigenvalue weighted by atomic mass is 16.2. The van der Waals surface area contributed by atoms with E-state index in [4.69, 9.17) is 5.10 Å². The molecule has 1 aromatic carbocycles. The average molecular weight is 424 g/mol. The zero-order chi connectivity index (χ0) is 22.1. The molecule has 2 heterocycles. The Hall–Kier alpha value is -3.16. The van der Waals surface area contributed by atoms with E-state index in [1.54, 1.807) is 4.90 Å². The third kappa shape index (κ3) is 4.06. The van der Waals surface area contributed by atoms with Crippen molar-refractivity contribution in [2.45, 2.75) is 46.1 Å². The van der Waals surface area contributed by atoms with Crippen LogP contribution in [0.25, 0.3) is 5.69 Å². The molecule has 1 aliphatic carbocycles. The molecule has 3 amide bonds. The van der Waals surface area contributed by atoms with Crippen LogP contribution in [0.2, 0.25) is 0 Å². The molecule has 2 aliphatic rings. The second-order valence-corrected chi connectivity index (χ2v) is 8.54. The van der Waals surface area contributed by atoms with Gasteiger partial charge in [0, 0.05) is 43.5 Å². The van der Waals surface area contributed by atoms with Crippen molar-refractivity contribution in [3.8, 4) is 5.69 Å². The standard InChI is InChI=1S/C23H29N5O3/c1-15(2)24-21(29)23(31)27-13-11-26(12-14-27)22(30)20-17-8-6-10-19(17)28(25-20)18-9-5-4-7-16(18)3/h4-5,7,9,15H,6,8,10-14H2,1-3H3,(H,24,29). The first-order valence-corrected chi connectivity index (χ1v) is 10.9. The Bertz CT molecular complexity index is 1020. The monoisotopic (exact) mass is 423 g/mol. The molecule has 1 saturated heterocycles. The van der Waals surface area contributed by atoms with Gasteiger partial charge < -0.3 is 15.1 Å². The number of carbonyl (C=O) groups is 3. The van der Waals surface area contributed by atoms with Gasteiger partial charge in [0.05, 0.1) is 5.69 Å². The van der Waals surface area contributed by atoms with Crippen LogP contribution in [0.4, 0.5) is 0 Å². The van der Waals surface area contributed by atoms with Gasteiger partial charge in [-0.2, -0.15) is 5.10 Å². The molecule has 0 radical (unpaired) electrons. The van der Waals surface area contributed by atoms with Gasteiger partial charge in [-0.15, -0.1) is 0 Å². The van der Waals surface area contributed by atoms with Crippen molar-refractivity contribution in [1.29, 1.82) is 0 Å². The summed E-state index contributed by atoms with van der Waals surface area (Å²) in [6.45, 7) is 7.16. The molecule has 2 aromatic rings. The van der Waals surface area contributed by atoms with Gasteiger partial charge in [-0.25, -0.2) is 4.68 Å². The molecule has 0 spiro atoms. The summed E-state index contributed by atoms with van der Waals surface area (Å²) in [5, 5.41) is 7.36. The van der Waals surface area contributed by atoms with Gasteiger partial charge in [0.1, 0.15) is 0 Å². The Kier molecular flexibility index (Phi) is 5.80. The van der Waals surface area contributed by atoms with E-state index in [0.717, 1.165) is 41.8 Å². The molecule has 4 rings (SSSR count). The number of carbonyl (C=O) groups excluding carboxylic acids is 3. The van der Waals surface area contributed by atoms with Crippen LogP contribution in [0.15, 0.2) is 24.3 Å². The van der Waals surface area contributed by atoms with E-state index in [1.165, 1.54) is 4.90 Å². The van der Waals surface area contributed by atoms with Crippen LogP contribution >= 0.6 is 0 Å². The number of aromatic nitrogens is 2. The third-order valence-electron chi connectivity index (χ3n) is 5.94. The first-order chi connectivity index (χ1) is 14.9. The van der Waals surface area contributed by atoms with Crippen molar-refractivity contribution in [2.75, 3.05) is 26.2 Å². The number of nitrogens with one attached hydrogen (secondary N) is 1. The van der Waals surface area contributed by atoms with Crippen molar-refractivity contribution < 1.29 is 14.4 Å². The fraction of sp³-hybridized carbons (Fsp3) is 0.478. The predicted octanol–water partition coefficient (Wildman–Crippen LogP) is 1.48. The SMILES string of the molecule is Cc1ccccc1-n1nc(C(=O)N2CCN(C(=O)C(=O)NC(C)C)CC2)c2c1CCC2. The van der Waals surface area contributed by atoms with E-state index in [9.17, 15) is 14.4 Å². The molecule has 0 saturated carbocycles. The summed E-state index contributed by atoms with van der Waals surface area (Å²) in [4.78, 5) is 40.9. The highest BCUT2D eigenvalue weighted by Gasteiger charge is 2.33. The zero-order valence-corrected chi connectivity index (χ0v) is 18.4. The van der Waals surface area contributed by atoms with Crippen LogP contribution in [0.3, 0.4) is 0 Å². The average Bonchev–Trinajstić information content (AvgIpc) is 3.36. The maximum atomic E-state index is 13.3. The molecule has 1 aromatic heterocycles. The van der Waals surface area contributed by atoms with Crippen molar-refractivity contribution >= 4 is 17.7 Å². The third-order valence-corrected chi connectivity index (χ3v) is 5.94.